The van der Waals surface area contributed by atoms with E-state index in [9.17, 15) is 9.90 Å². The van der Waals surface area contributed by atoms with Crippen LogP contribution in [0.15, 0.2) is 90.8 Å². The summed E-state index contributed by atoms with van der Waals surface area (Å²) in [7, 11) is 0. The fraction of sp³-hybridized carbons (Fsp3) is 0.316. The molecular formula is C38H41BIrNO4-. The maximum Gasteiger partial charge on any atom is 0.239 e. The number of pyridine rings is 1. The van der Waals surface area contributed by atoms with Gasteiger partial charge in [-0.2, -0.15) is 0 Å². The van der Waals surface area contributed by atoms with Gasteiger partial charge >= 0.3 is 0 Å². The summed E-state index contributed by atoms with van der Waals surface area (Å²) in [5, 5.41) is 10.2. The summed E-state index contributed by atoms with van der Waals surface area (Å²) in [6.07, 6.45) is 4.61. The van der Waals surface area contributed by atoms with E-state index in [4.69, 9.17) is 10.8 Å². The van der Waals surface area contributed by atoms with E-state index in [1.165, 1.54) is 0 Å². The summed E-state index contributed by atoms with van der Waals surface area (Å²) in [5.41, 5.74) is 4.05. The zero-order valence-corrected chi connectivity index (χ0v) is 29.3. The second-order valence-corrected chi connectivity index (χ2v) is 12.0. The van der Waals surface area contributed by atoms with Gasteiger partial charge in [0.2, 0.25) is 6.71 Å². The second kappa shape index (κ2) is 14.2. The molecule has 1 aromatic heterocycles. The predicted octanol–water partition coefficient (Wildman–Crippen LogP) is 7.92. The SMILES string of the molecule is [2H]/C(C(=O)C(C)(CC)CC)=C(/O)C(C)(CC)CC.[Ir].[c-]1cc2c3c(c1-c1ccccn1)Oc1ccccc1B3c1ccccc1O2. The Bertz CT molecular complexity index is 1720. The monoisotopic (exact) mass is 780 g/mol. The van der Waals surface area contributed by atoms with Crippen LogP contribution in [0.25, 0.3) is 11.3 Å². The first-order valence-electron chi connectivity index (χ1n) is 16.1. The van der Waals surface area contributed by atoms with Crippen molar-refractivity contribution >= 4 is 28.9 Å². The number of fused-ring (bicyclic) bond motifs is 4. The van der Waals surface area contributed by atoms with Crippen LogP contribution in [-0.4, -0.2) is 22.6 Å². The van der Waals surface area contributed by atoms with Crippen LogP contribution >= 0.6 is 0 Å². The van der Waals surface area contributed by atoms with E-state index in [2.05, 4.69) is 35.3 Å². The molecule has 0 amide bonds. The molecule has 2 aliphatic heterocycles. The molecule has 3 heterocycles. The van der Waals surface area contributed by atoms with Gasteiger partial charge in [0, 0.05) is 54.7 Å². The number of benzene rings is 3. The van der Waals surface area contributed by atoms with Gasteiger partial charge in [0.25, 0.3) is 0 Å². The van der Waals surface area contributed by atoms with E-state index in [0.29, 0.717) is 12.8 Å². The number of ketones is 1. The molecule has 0 atom stereocenters. The van der Waals surface area contributed by atoms with Gasteiger partial charge in [-0.05, 0) is 60.5 Å². The van der Waals surface area contributed by atoms with Gasteiger partial charge in [-0.1, -0.05) is 101 Å². The van der Waals surface area contributed by atoms with Gasteiger partial charge in [-0.15, -0.1) is 12.1 Å². The topological polar surface area (TPSA) is 68.7 Å². The van der Waals surface area contributed by atoms with E-state index >= 15 is 0 Å². The number of aromatic nitrogens is 1. The maximum atomic E-state index is 12.3. The van der Waals surface area contributed by atoms with Crippen LogP contribution in [0.5, 0.6) is 23.0 Å². The molecule has 0 aliphatic carbocycles. The van der Waals surface area contributed by atoms with E-state index < -0.39 is 10.8 Å². The van der Waals surface area contributed by atoms with Crippen molar-refractivity contribution in [3.05, 3.63) is 96.9 Å². The summed E-state index contributed by atoms with van der Waals surface area (Å²) in [6.45, 7) is 11.7. The number of aliphatic hydroxyl groups is 1. The summed E-state index contributed by atoms with van der Waals surface area (Å²) < 4.78 is 20.6. The van der Waals surface area contributed by atoms with Gasteiger partial charge in [0.15, 0.2) is 5.78 Å². The van der Waals surface area contributed by atoms with Crippen molar-refractivity contribution in [1.82, 2.24) is 4.98 Å². The van der Waals surface area contributed by atoms with Crippen LogP contribution in [0.3, 0.4) is 0 Å². The Morgan fingerprint density at radius 2 is 1.42 bits per heavy atom. The molecule has 1 N–H and O–H groups in total. The molecule has 2 aliphatic rings. The molecule has 4 aromatic rings. The van der Waals surface area contributed by atoms with Crippen molar-refractivity contribution < 1.29 is 40.9 Å². The number of hydrogen-bond acceptors (Lipinski definition) is 5. The molecule has 0 bridgehead atoms. The fourth-order valence-corrected chi connectivity index (χ4v) is 5.59. The van der Waals surface area contributed by atoms with Crippen molar-refractivity contribution in [2.75, 3.05) is 0 Å². The largest absolute Gasteiger partial charge is 0.512 e. The second-order valence-electron chi connectivity index (χ2n) is 12.0. The smallest absolute Gasteiger partial charge is 0.239 e. The van der Waals surface area contributed by atoms with E-state index in [0.717, 1.165) is 63.5 Å². The number of carbonyl (C=O) groups is 1. The molecule has 0 saturated heterocycles. The fourth-order valence-electron chi connectivity index (χ4n) is 5.59. The first-order valence-corrected chi connectivity index (χ1v) is 15.6. The van der Waals surface area contributed by atoms with Crippen molar-refractivity contribution in [2.24, 2.45) is 10.8 Å². The van der Waals surface area contributed by atoms with Crippen LogP contribution < -0.4 is 25.9 Å². The minimum Gasteiger partial charge on any atom is -0.512 e. The molecule has 0 fully saturated rings. The molecular weight excluding hydrogens is 737 g/mol. The number of ether oxygens (including phenoxy) is 2. The minimum atomic E-state index is -0.534. The van der Waals surface area contributed by atoms with Gasteiger partial charge in [-0.3, -0.25) is 4.79 Å². The summed E-state index contributed by atoms with van der Waals surface area (Å²) in [4.78, 5) is 16.8. The molecule has 0 spiro atoms. The zero-order valence-electron chi connectivity index (χ0n) is 27.9. The Morgan fingerprint density at radius 1 is 0.867 bits per heavy atom. The number of carbonyl (C=O) groups excluding carboxylic acids is 1. The van der Waals surface area contributed by atoms with Gasteiger partial charge < -0.3 is 19.6 Å². The number of allylic oxidation sites excluding steroid dienone is 2. The molecule has 7 heteroatoms. The predicted molar refractivity (Wildman–Crippen MR) is 179 cm³/mol. The van der Waals surface area contributed by atoms with Crippen molar-refractivity contribution in [1.29, 1.82) is 0 Å². The molecule has 6 rings (SSSR count). The number of aliphatic hydroxyl groups excluding tert-OH is 1. The third-order valence-corrected chi connectivity index (χ3v) is 9.66. The number of rotatable bonds is 8. The van der Waals surface area contributed by atoms with Gasteiger partial charge in [-0.25, -0.2) is 0 Å². The van der Waals surface area contributed by atoms with Crippen LogP contribution in [0.1, 0.15) is 68.6 Å². The maximum absolute atomic E-state index is 12.3. The number of nitrogens with zero attached hydrogens (tertiary/aromatic N) is 1. The third-order valence-electron chi connectivity index (χ3n) is 9.66. The van der Waals surface area contributed by atoms with E-state index in [-0.39, 0.29) is 44.4 Å². The molecule has 1 radical (unpaired) electrons. The Balaban J connectivity index is 0.000000225. The first-order chi connectivity index (χ1) is 21.6. The molecule has 45 heavy (non-hydrogen) atoms. The number of para-hydroxylation sites is 2. The van der Waals surface area contributed by atoms with Crippen molar-refractivity contribution in [3.8, 4) is 34.3 Å². The Hall–Kier alpha value is -3.67. The summed E-state index contributed by atoms with van der Waals surface area (Å²) in [6, 6.07) is 27.3. The van der Waals surface area contributed by atoms with E-state index in [1.807, 2.05) is 90.1 Å². The quantitative estimate of drug-likeness (QED) is 0.0737. The van der Waals surface area contributed by atoms with Crippen LogP contribution in [0, 0.1) is 16.9 Å². The van der Waals surface area contributed by atoms with Crippen LogP contribution in [0.2, 0.25) is 0 Å². The average molecular weight is 780 g/mol. The summed E-state index contributed by atoms with van der Waals surface area (Å²) >= 11 is 0. The Labute approximate surface area is 282 Å². The third kappa shape index (κ3) is 6.52. The Morgan fingerprint density at radius 3 is 1.98 bits per heavy atom. The van der Waals surface area contributed by atoms with Gasteiger partial charge in [0.1, 0.15) is 17.3 Å². The zero-order chi connectivity index (χ0) is 32.4. The van der Waals surface area contributed by atoms with Crippen molar-refractivity contribution in [3.63, 3.8) is 0 Å². The molecule has 0 unspecified atom stereocenters. The molecule has 0 saturated carbocycles. The molecule has 5 nitrogen and oxygen atoms in total. The minimum absolute atomic E-state index is 0. The van der Waals surface area contributed by atoms with E-state index in [1.54, 1.807) is 6.20 Å². The normalized spacial score (nSPS) is 13.6. The number of hydrogen-bond donors (Lipinski definition) is 1. The van der Waals surface area contributed by atoms with Crippen molar-refractivity contribution in [2.45, 2.75) is 67.2 Å². The summed E-state index contributed by atoms with van der Waals surface area (Å²) in [5.74, 6) is 3.04. The van der Waals surface area contributed by atoms with Crippen LogP contribution in [-0.2, 0) is 24.9 Å². The van der Waals surface area contributed by atoms with Gasteiger partial charge in [0.05, 0.1) is 1.37 Å². The first kappa shape index (κ1) is 32.7. The Kier molecular flexibility index (Phi) is 10.3. The van der Waals surface area contributed by atoms with Crippen LogP contribution in [0.4, 0.5) is 0 Å². The molecule has 235 valence electrons. The standard InChI is InChI=1S/C23H13BNO2.C15H28O2.Ir/c1-3-10-19-16(7-1)24-17-8-2-4-11-20(17)27-23-15(18-9-5-6-14-25-18)12-13-21(26-19)22(23)24;1-7-14(5,8-2)12(16)11-13(17)15(6,9-3)10-4;/h1-11,13-14H;11,16H,7-10H2,1-6H3;/q-1;;/b;12-11-;/i;11D;. The average Bonchev–Trinajstić information content (AvgIpc) is 3.10. The molecule has 3 aromatic carbocycles.